The van der Waals surface area contributed by atoms with E-state index in [4.69, 9.17) is 9.47 Å². The van der Waals surface area contributed by atoms with Gasteiger partial charge in [0.25, 0.3) is 11.7 Å². The van der Waals surface area contributed by atoms with Crippen molar-refractivity contribution in [1.82, 2.24) is 4.90 Å². The Hall–Kier alpha value is -2.48. The SMILES string of the molecule is COC(CN1C(=O)C(=O)/C(=C(\O)c2ccccc2)C1c1cccs1)OC. The second-order valence-corrected chi connectivity index (χ2v) is 6.71. The molecule has 2 aromatic rings. The predicted octanol–water partition coefficient (Wildman–Crippen LogP) is 2.79. The average molecular weight is 373 g/mol. The standard InChI is InChI=1S/C19H19NO5S/c1-24-14(25-2)11-20-16(13-9-6-10-26-13)15(18(22)19(20)23)17(21)12-7-4-3-5-8-12/h3-10,14,16,21H,11H2,1-2H3/b17-15-. The van der Waals surface area contributed by atoms with Gasteiger partial charge in [0.1, 0.15) is 5.76 Å². The smallest absolute Gasteiger partial charge is 0.295 e. The molecule has 1 N–H and O–H groups in total. The van der Waals surface area contributed by atoms with Crippen molar-refractivity contribution in [2.45, 2.75) is 12.3 Å². The summed E-state index contributed by atoms with van der Waals surface area (Å²) in [6, 6.07) is 11.7. The van der Waals surface area contributed by atoms with Gasteiger partial charge in [-0.2, -0.15) is 0 Å². The Morgan fingerprint density at radius 2 is 1.85 bits per heavy atom. The topological polar surface area (TPSA) is 76.1 Å². The van der Waals surface area contributed by atoms with Crippen molar-refractivity contribution in [2.75, 3.05) is 20.8 Å². The van der Waals surface area contributed by atoms with Gasteiger partial charge in [0.15, 0.2) is 6.29 Å². The van der Waals surface area contributed by atoms with E-state index in [0.717, 1.165) is 4.88 Å². The van der Waals surface area contributed by atoms with Crippen LogP contribution in [0.25, 0.3) is 5.76 Å². The van der Waals surface area contributed by atoms with E-state index in [1.807, 2.05) is 23.6 Å². The molecule has 1 fully saturated rings. The van der Waals surface area contributed by atoms with E-state index in [1.165, 1.54) is 30.5 Å². The summed E-state index contributed by atoms with van der Waals surface area (Å²) in [6.07, 6.45) is -0.674. The van der Waals surface area contributed by atoms with Crippen molar-refractivity contribution in [3.05, 3.63) is 63.9 Å². The minimum atomic E-state index is -0.712. The number of Topliss-reactive ketones (excluding diaryl/α,β-unsaturated/α-hetero) is 1. The van der Waals surface area contributed by atoms with Gasteiger partial charge in [0.05, 0.1) is 18.2 Å². The minimum absolute atomic E-state index is 0.0751. The van der Waals surface area contributed by atoms with Crippen molar-refractivity contribution in [3.63, 3.8) is 0 Å². The highest BCUT2D eigenvalue weighted by Crippen LogP contribution is 2.41. The summed E-state index contributed by atoms with van der Waals surface area (Å²) >= 11 is 1.41. The fourth-order valence-corrected chi connectivity index (χ4v) is 3.81. The van der Waals surface area contributed by atoms with Gasteiger partial charge < -0.3 is 19.5 Å². The summed E-state index contributed by atoms with van der Waals surface area (Å²) in [4.78, 5) is 27.5. The molecule has 1 atom stereocenters. The minimum Gasteiger partial charge on any atom is -0.507 e. The fourth-order valence-electron chi connectivity index (χ4n) is 2.97. The molecule has 26 heavy (non-hydrogen) atoms. The van der Waals surface area contributed by atoms with Crippen molar-refractivity contribution >= 4 is 28.8 Å². The van der Waals surface area contributed by atoms with Crippen LogP contribution in [0.4, 0.5) is 0 Å². The van der Waals surface area contributed by atoms with Crippen molar-refractivity contribution in [3.8, 4) is 0 Å². The number of likely N-dealkylation sites (tertiary alicyclic amines) is 1. The molecule has 2 heterocycles. The van der Waals surface area contributed by atoms with Crippen LogP contribution in [0.1, 0.15) is 16.5 Å². The number of hydrogen-bond donors (Lipinski definition) is 1. The first-order valence-electron chi connectivity index (χ1n) is 8.01. The Balaban J connectivity index is 2.11. The summed E-state index contributed by atoms with van der Waals surface area (Å²) in [5, 5.41) is 12.6. The molecule has 1 unspecified atom stereocenters. The summed E-state index contributed by atoms with van der Waals surface area (Å²) in [7, 11) is 2.93. The highest BCUT2D eigenvalue weighted by molar-refractivity contribution is 7.10. The monoisotopic (exact) mass is 373 g/mol. The quantitative estimate of drug-likeness (QED) is 0.365. The zero-order chi connectivity index (χ0) is 18.7. The Morgan fingerprint density at radius 1 is 1.15 bits per heavy atom. The van der Waals surface area contributed by atoms with Gasteiger partial charge in [-0.15, -0.1) is 11.3 Å². The van der Waals surface area contributed by atoms with E-state index in [2.05, 4.69) is 0 Å². The molecule has 1 aromatic heterocycles. The van der Waals surface area contributed by atoms with Crippen molar-refractivity contribution in [1.29, 1.82) is 0 Å². The van der Waals surface area contributed by atoms with Gasteiger partial charge >= 0.3 is 0 Å². The van der Waals surface area contributed by atoms with Crippen LogP contribution in [-0.4, -0.2) is 48.8 Å². The number of ether oxygens (including phenoxy) is 2. The van der Waals surface area contributed by atoms with Crippen molar-refractivity contribution in [2.24, 2.45) is 0 Å². The number of rotatable bonds is 6. The molecule has 1 aliphatic heterocycles. The third kappa shape index (κ3) is 3.29. The van der Waals surface area contributed by atoms with Crippen LogP contribution in [-0.2, 0) is 19.1 Å². The zero-order valence-corrected chi connectivity index (χ0v) is 15.2. The number of aliphatic hydroxyl groups is 1. The molecule has 1 aliphatic rings. The molecule has 0 spiro atoms. The van der Waals surface area contributed by atoms with E-state index in [-0.39, 0.29) is 17.9 Å². The molecule has 7 heteroatoms. The Kier molecular flexibility index (Phi) is 5.51. The first kappa shape index (κ1) is 18.3. The average Bonchev–Trinajstić information content (AvgIpc) is 3.28. The van der Waals surface area contributed by atoms with Crippen LogP contribution >= 0.6 is 11.3 Å². The lowest BCUT2D eigenvalue weighted by Gasteiger charge is -2.27. The van der Waals surface area contributed by atoms with Gasteiger partial charge in [0, 0.05) is 24.7 Å². The highest BCUT2D eigenvalue weighted by atomic mass is 32.1. The first-order valence-corrected chi connectivity index (χ1v) is 8.89. The van der Waals surface area contributed by atoms with Crippen LogP contribution < -0.4 is 0 Å². The molecule has 0 radical (unpaired) electrons. The van der Waals surface area contributed by atoms with Crippen LogP contribution in [0.3, 0.4) is 0 Å². The number of nitrogens with zero attached hydrogens (tertiary/aromatic N) is 1. The molecule has 0 bridgehead atoms. The number of methoxy groups -OCH3 is 2. The van der Waals surface area contributed by atoms with E-state index >= 15 is 0 Å². The lowest BCUT2D eigenvalue weighted by Crippen LogP contribution is -2.37. The van der Waals surface area contributed by atoms with E-state index < -0.39 is 24.0 Å². The second-order valence-electron chi connectivity index (χ2n) is 5.73. The zero-order valence-electron chi connectivity index (χ0n) is 14.4. The molecule has 1 saturated heterocycles. The van der Waals surface area contributed by atoms with Crippen LogP contribution in [0.5, 0.6) is 0 Å². The van der Waals surface area contributed by atoms with Gasteiger partial charge in [-0.3, -0.25) is 9.59 Å². The number of benzene rings is 1. The summed E-state index contributed by atoms with van der Waals surface area (Å²) in [5.74, 6) is -1.58. The number of aliphatic hydroxyl groups excluding tert-OH is 1. The van der Waals surface area contributed by atoms with E-state index in [1.54, 1.807) is 24.3 Å². The number of carbonyl (C=O) groups is 2. The molecular formula is C19H19NO5S. The maximum absolute atomic E-state index is 12.7. The van der Waals surface area contributed by atoms with Gasteiger partial charge in [0.2, 0.25) is 0 Å². The normalized spacial score (nSPS) is 19.5. The molecule has 0 saturated carbocycles. The maximum Gasteiger partial charge on any atom is 0.295 e. The third-order valence-corrected chi connectivity index (χ3v) is 5.20. The van der Waals surface area contributed by atoms with Gasteiger partial charge in [-0.1, -0.05) is 36.4 Å². The largest absolute Gasteiger partial charge is 0.507 e. The Morgan fingerprint density at radius 3 is 2.42 bits per heavy atom. The molecule has 3 rings (SSSR count). The summed E-state index contributed by atoms with van der Waals surface area (Å²) < 4.78 is 10.4. The summed E-state index contributed by atoms with van der Waals surface area (Å²) in [6.45, 7) is 0.0751. The van der Waals surface area contributed by atoms with E-state index in [9.17, 15) is 14.7 Å². The number of carbonyl (C=O) groups excluding carboxylic acids is 2. The molecular weight excluding hydrogens is 354 g/mol. The second kappa shape index (κ2) is 7.82. The van der Waals surface area contributed by atoms with Gasteiger partial charge in [-0.25, -0.2) is 0 Å². The molecule has 1 amide bonds. The molecule has 0 aliphatic carbocycles. The molecule has 136 valence electrons. The highest BCUT2D eigenvalue weighted by Gasteiger charge is 2.47. The first-order chi connectivity index (χ1) is 12.6. The number of thiophene rings is 1. The third-order valence-electron chi connectivity index (χ3n) is 4.27. The lowest BCUT2D eigenvalue weighted by molar-refractivity contribution is -0.149. The van der Waals surface area contributed by atoms with Crippen LogP contribution in [0.2, 0.25) is 0 Å². The number of hydrogen-bond acceptors (Lipinski definition) is 6. The number of ketones is 1. The molecule has 6 nitrogen and oxygen atoms in total. The fraction of sp³-hybridized carbons (Fsp3) is 0.263. The molecule has 1 aromatic carbocycles. The van der Waals surface area contributed by atoms with Gasteiger partial charge in [-0.05, 0) is 11.4 Å². The lowest BCUT2D eigenvalue weighted by atomic mass is 10.00. The number of amides is 1. The Bertz CT molecular complexity index is 812. The summed E-state index contributed by atoms with van der Waals surface area (Å²) in [5.41, 5.74) is 0.566. The maximum atomic E-state index is 12.7. The Labute approximate surface area is 155 Å². The van der Waals surface area contributed by atoms with E-state index in [0.29, 0.717) is 5.56 Å². The van der Waals surface area contributed by atoms with Crippen molar-refractivity contribution < 1.29 is 24.2 Å². The van der Waals surface area contributed by atoms with Crippen LogP contribution in [0.15, 0.2) is 53.4 Å². The van der Waals surface area contributed by atoms with Crippen LogP contribution in [0, 0.1) is 0 Å². The predicted molar refractivity (Wildman–Crippen MR) is 97.6 cm³/mol.